The molecule has 0 aromatic heterocycles. The van der Waals surface area contributed by atoms with Crippen LogP contribution in [0.5, 0.6) is 5.75 Å². The highest BCUT2D eigenvalue weighted by Crippen LogP contribution is 2.29. The summed E-state index contributed by atoms with van der Waals surface area (Å²) in [6.07, 6.45) is -3.17. The molecule has 0 fully saturated rings. The summed E-state index contributed by atoms with van der Waals surface area (Å²) in [4.78, 5) is 0. The van der Waals surface area contributed by atoms with Crippen molar-refractivity contribution in [2.45, 2.75) is 39.2 Å². The van der Waals surface area contributed by atoms with Crippen molar-refractivity contribution in [2.75, 3.05) is 0 Å². The van der Waals surface area contributed by atoms with Gasteiger partial charge in [0.25, 0.3) is 0 Å². The molecule has 21 heavy (non-hydrogen) atoms. The van der Waals surface area contributed by atoms with Crippen molar-refractivity contribution in [3.63, 3.8) is 0 Å². The summed E-state index contributed by atoms with van der Waals surface area (Å²) in [5.74, 6) is 0.167. The molecule has 0 aliphatic rings. The minimum atomic E-state index is -3.17. The van der Waals surface area contributed by atoms with Crippen LogP contribution >= 0.6 is 0 Å². The van der Waals surface area contributed by atoms with Crippen molar-refractivity contribution in [3.8, 4) is 16.9 Å². The molecule has 0 amide bonds. The summed E-state index contributed by atoms with van der Waals surface area (Å²) >= 11 is 0. The fourth-order valence-electron chi connectivity index (χ4n) is 2.11. The second-order valence-corrected chi connectivity index (χ2v) is 6.27. The van der Waals surface area contributed by atoms with Crippen molar-refractivity contribution in [1.29, 1.82) is 0 Å². The third kappa shape index (κ3) is 4.28. The van der Waals surface area contributed by atoms with Gasteiger partial charge in [-0.25, -0.2) is 0 Å². The summed E-state index contributed by atoms with van der Waals surface area (Å²) in [6.45, 7) is 7.19. The minimum absolute atomic E-state index is 0.0910. The van der Waals surface area contributed by atoms with E-state index in [-0.39, 0.29) is 11.2 Å². The van der Waals surface area contributed by atoms with Crippen molar-refractivity contribution < 1.29 is 13.5 Å². The Bertz CT molecular complexity index is 604. The molecule has 0 unspecified atom stereocenters. The van der Waals surface area contributed by atoms with Gasteiger partial charge in [0.05, 0.1) is 0 Å². The predicted octanol–water partition coefficient (Wildman–Crippen LogP) is 5.64. The quantitative estimate of drug-likeness (QED) is 0.710. The SMILES string of the molecule is CC(F)(F)Oc1cccc(-c2ccc(C(C)(C)C)cc2)c1. The van der Waals surface area contributed by atoms with Crippen LogP contribution in [0, 0.1) is 0 Å². The van der Waals surface area contributed by atoms with E-state index in [2.05, 4.69) is 37.6 Å². The lowest BCUT2D eigenvalue weighted by atomic mass is 9.86. The highest BCUT2D eigenvalue weighted by atomic mass is 19.3. The average molecular weight is 290 g/mol. The number of hydrogen-bond donors (Lipinski definition) is 0. The van der Waals surface area contributed by atoms with Gasteiger partial charge < -0.3 is 4.74 Å². The highest BCUT2D eigenvalue weighted by molar-refractivity contribution is 5.65. The molecule has 0 spiro atoms. The van der Waals surface area contributed by atoms with E-state index in [1.165, 1.54) is 11.6 Å². The van der Waals surface area contributed by atoms with E-state index in [1.807, 2.05) is 18.2 Å². The van der Waals surface area contributed by atoms with E-state index in [9.17, 15) is 8.78 Å². The van der Waals surface area contributed by atoms with Crippen LogP contribution in [-0.4, -0.2) is 6.11 Å². The summed E-state index contributed by atoms with van der Waals surface area (Å²) in [5, 5.41) is 0. The van der Waals surface area contributed by atoms with Crippen LogP contribution < -0.4 is 4.74 Å². The maximum absolute atomic E-state index is 12.9. The van der Waals surface area contributed by atoms with Crippen molar-refractivity contribution in [3.05, 3.63) is 54.1 Å². The molecule has 112 valence electrons. The van der Waals surface area contributed by atoms with Gasteiger partial charge in [-0.1, -0.05) is 57.2 Å². The molecule has 2 aromatic rings. The number of ether oxygens (including phenoxy) is 1. The van der Waals surface area contributed by atoms with E-state index in [4.69, 9.17) is 0 Å². The van der Waals surface area contributed by atoms with Crippen LogP contribution in [0.15, 0.2) is 48.5 Å². The largest absolute Gasteiger partial charge is 0.433 e. The summed E-state index contributed by atoms with van der Waals surface area (Å²) < 4.78 is 30.4. The third-order valence-corrected chi connectivity index (χ3v) is 3.22. The van der Waals surface area contributed by atoms with Crippen molar-refractivity contribution >= 4 is 0 Å². The Morgan fingerprint density at radius 1 is 0.810 bits per heavy atom. The highest BCUT2D eigenvalue weighted by Gasteiger charge is 2.23. The minimum Gasteiger partial charge on any atom is -0.433 e. The van der Waals surface area contributed by atoms with E-state index in [0.717, 1.165) is 18.1 Å². The Hall–Kier alpha value is -1.90. The molecule has 0 saturated carbocycles. The monoisotopic (exact) mass is 290 g/mol. The predicted molar refractivity (Wildman–Crippen MR) is 81.8 cm³/mol. The number of alkyl halides is 2. The summed E-state index contributed by atoms with van der Waals surface area (Å²) in [7, 11) is 0. The van der Waals surface area contributed by atoms with Gasteiger partial charge >= 0.3 is 6.11 Å². The van der Waals surface area contributed by atoms with Crippen LogP contribution in [-0.2, 0) is 5.41 Å². The summed E-state index contributed by atoms with van der Waals surface area (Å²) in [6, 6.07) is 14.9. The zero-order valence-electron chi connectivity index (χ0n) is 12.8. The zero-order valence-corrected chi connectivity index (χ0v) is 12.8. The average Bonchev–Trinajstić information content (AvgIpc) is 2.36. The molecule has 0 saturated heterocycles. The van der Waals surface area contributed by atoms with Gasteiger partial charge in [-0.05, 0) is 34.2 Å². The van der Waals surface area contributed by atoms with Crippen LogP contribution in [0.1, 0.15) is 33.3 Å². The Morgan fingerprint density at radius 2 is 1.43 bits per heavy atom. The van der Waals surface area contributed by atoms with Crippen molar-refractivity contribution in [1.82, 2.24) is 0 Å². The molecular formula is C18H20F2O. The van der Waals surface area contributed by atoms with Gasteiger partial charge in [-0.15, -0.1) is 0 Å². The van der Waals surface area contributed by atoms with Crippen LogP contribution in [0.2, 0.25) is 0 Å². The number of halogens is 2. The van der Waals surface area contributed by atoms with Gasteiger partial charge in [0, 0.05) is 6.92 Å². The lowest BCUT2D eigenvalue weighted by molar-refractivity contribution is -0.158. The number of hydrogen-bond acceptors (Lipinski definition) is 1. The number of benzene rings is 2. The van der Waals surface area contributed by atoms with E-state index >= 15 is 0 Å². The topological polar surface area (TPSA) is 9.23 Å². The van der Waals surface area contributed by atoms with Crippen molar-refractivity contribution in [2.24, 2.45) is 0 Å². The first-order valence-electron chi connectivity index (χ1n) is 6.93. The molecule has 0 heterocycles. The Morgan fingerprint density at radius 3 is 1.95 bits per heavy atom. The maximum Gasteiger partial charge on any atom is 0.394 e. The Labute approximate surface area is 124 Å². The Balaban J connectivity index is 2.28. The molecule has 0 radical (unpaired) electrons. The van der Waals surface area contributed by atoms with Crippen LogP contribution in [0.3, 0.4) is 0 Å². The molecular weight excluding hydrogens is 270 g/mol. The lowest BCUT2D eigenvalue weighted by Crippen LogP contribution is -2.18. The standard InChI is InChI=1S/C18H20F2O/c1-17(2,3)15-10-8-13(9-11-15)14-6-5-7-16(12-14)21-18(4,19)20/h5-12H,1-4H3. The lowest BCUT2D eigenvalue weighted by Gasteiger charge is -2.19. The third-order valence-electron chi connectivity index (χ3n) is 3.22. The zero-order chi connectivity index (χ0) is 15.7. The molecule has 2 rings (SSSR count). The second-order valence-electron chi connectivity index (χ2n) is 6.27. The van der Waals surface area contributed by atoms with Crippen LogP contribution in [0.25, 0.3) is 11.1 Å². The molecule has 3 heteroatoms. The summed E-state index contributed by atoms with van der Waals surface area (Å²) in [5.41, 5.74) is 3.16. The number of rotatable bonds is 3. The smallest absolute Gasteiger partial charge is 0.394 e. The molecule has 2 aromatic carbocycles. The first-order chi connectivity index (χ1) is 9.65. The first-order valence-corrected chi connectivity index (χ1v) is 6.93. The van der Waals surface area contributed by atoms with Gasteiger partial charge in [-0.2, -0.15) is 8.78 Å². The molecule has 0 aliphatic heterocycles. The molecule has 0 bridgehead atoms. The fourth-order valence-corrected chi connectivity index (χ4v) is 2.11. The van der Waals surface area contributed by atoms with E-state index in [1.54, 1.807) is 12.1 Å². The fraction of sp³-hybridized carbons (Fsp3) is 0.333. The van der Waals surface area contributed by atoms with Gasteiger partial charge in [0.1, 0.15) is 5.75 Å². The molecule has 0 aliphatic carbocycles. The molecule has 0 atom stereocenters. The van der Waals surface area contributed by atoms with Gasteiger partial charge in [0.2, 0.25) is 0 Å². The Kier molecular flexibility index (Phi) is 4.04. The molecule has 1 nitrogen and oxygen atoms in total. The van der Waals surface area contributed by atoms with Gasteiger partial charge in [0.15, 0.2) is 0 Å². The van der Waals surface area contributed by atoms with Crippen LogP contribution in [0.4, 0.5) is 8.78 Å². The second kappa shape index (κ2) is 5.47. The maximum atomic E-state index is 12.9. The normalized spacial score (nSPS) is 12.3. The first kappa shape index (κ1) is 15.5. The van der Waals surface area contributed by atoms with E-state index in [0.29, 0.717) is 0 Å². The van der Waals surface area contributed by atoms with Gasteiger partial charge in [-0.3, -0.25) is 0 Å². The molecule has 0 N–H and O–H groups in total. The van der Waals surface area contributed by atoms with E-state index < -0.39 is 6.11 Å².